The highest BCUT2D eigenvalue weighted by Crippen LogP contribution is 2.27. The number of carbonyl (C=O) groups excluding carboxylic acids is 1. The van der Waals surface area contributed by atoms with Crippen LogP contribution in [0, 0.1) is 0 Å². The summed E-state index contributed by atoms with van der Waals surface area (Å²) in [5, 5.41) is 13.3. The minimum Gasteiger partial charge on any atom is -0.302 e. The van der Waals surface area contributed by atoms with Gasteiger partial charge in [0.25, 0.3) is 5.91 Å². The van der Waals surface area contributed by atoms with Gasteiger partial charge < -0.3 is 4.57 Å². The number of pyridine rings is 1. The van der Waals surface area contributed by atoms with E-state index in [-0.39, 0.29) is 17.1 Å². The first-order valence-corrected chi connectivity index (χ1v) is 10.8. The third kappa shape index (κ3) is 5.54. The average molecular weight is 423 g/mol. The van der Waals surface area contributed by atoms with E-state index in [1.165, 1.54) is 17.3 Å². The number of nitrogens with one attached hydrogen (secondary N) is 1. The van der Waals surface area contributed by atoms with Crippen LogP contribution in [0.1, 0.15) is 38.8 Å². The number of hydrogen-bond acceptors (Lipinski definition) is 6. The molecular weight excluding hydrogens is 396 g/mol. The van der Waals surface area contributed by atoms with E-state index in [9.17, 15) is 4.79 Å². The smallest absolute Gasteiger partial charge is 0.250 e. The zero-order valence-corrected chi connectivity index (χ0v) is 18.5. The molecule has 1 N–H and O–H groups in total. The lowest BCUT2D eigenvalue weighted by atomic mass is 9.87. The van der Waals surface area contributed by atoms with Crippen LogP contribution in [0.2, 0.25) is 0 Å². The zero-order valence-electron chi connectivity index (χ0n) is 17.7. The summed E-state index contributed by atoms with van der Waals surface area (Å²) in [6.45, 7) is 9.33. The highest BCUT2D eigenvalue weighted by Gasteiger charge is 2.17. The number of rotatable bonds is 7. The maximum absolute atomic E-state index is 12.1. The number of benzene rings is 1. The van der Waals surface area contributed by atoms with Gasteiger partial charge in [0.2, 0.25) is 0 Å². The molecule has 0 unspecified atom stereocenters. The van der Waals surface area contributed by atoms with Gasteiger partial charge in [-0.25, -0.2) is 5.43 Å². The molecule has 0 atom stereocenters. The number of thioether (sulfide) groups is 1. The fourth-order valence-electron chi connectivity index (χ4n) is 2.80. The lowest BCUT2D eigenvalue weighted by molar-refractivity contribution is -0.118. The van der Waals surface area contributed by atoms with Crippen molar-refractivity contribution in [2.45, 2.75) is 44.8 Å². The quantitative estimate of drug-likeness (QED) is 0.355. The van der Waals surface area contributed by atoms with Gasteiger partial charge in [-0.15, -0.1) is 10.2 Å². The molecule has 3 aromatic rings. The van der Waals surface area contributed by atoms with Crippen LogP contribution in [0.5, 0.6) is 0 Å². The van der Waals surface area contributed by atoms with Gasteiger partial charge in [-0.3, -0.25) is 9.78 Å². The molecule has 0 aliphatic rings. The molecule has 0 aliphatic heterocycles. The molecule has 156 valence electrons. The Morgan fingerprint density at radius 1 is 1.13 bits per heavy atom. The normalized spacial score (nSPS) is 11.7. The summed E-state index contributed by atoms with van der Waals surface area (Å²) in [5.74, 6) is 0.804. The summed E-state index contributed by atoms with van der Waals surface area (Å²) >= 11 is 1.34. The second-order valence-corrected chi connectivity index (χ2v) is 8.68. The van der Waals surface area contributed by atoms with Crippen molar-refractivity contribution in [3.63, 3.8) is 0 Å². The standard InChI is InChI=1S/C22H26N6OS/c1-5-28-20(17-6-8-18(9-7-17)22(2,3)4)26-27-21(28)30-15-19(29)25-24-14-16-10-12-23-13-11-16/h6-14H,5,15H2,1-4H3,(H,25,29)/b24-14-. The van der Waals surface area contributed by atoms with Crippen LogP contribution in [0.3, 0.4) is 0 Å². The Kier molecular flexibility index (Phi) is 6.99. The van der Waals surface area contributed by atoms with Crippen molar-refractivity contribution in [2.24, 2.45) is 5.10 Å². The molecule has 2 aromatic heterocycles. The number of carbonyl (C=O) groups is 1. The molecular formula is C22H26N6OS. The molecule has 0 saturated carbocycles. The van der Waals surface area contributed by atoms with Crippen molar-refractivity contribution in [1.82, 2.24) is 25.2 Å². The van der Waals surface area contributed by atoms with Crippen LogP contribution in [-0.4, -0.2) is 37.6 Å². The molecule has 1 amide bonds. The Morgan fingerprint density at radius 3 is 2.47 bits per heavy atom. The second-order valence-electron chi connectivity index (χ2n) is 7.74. The largest absolute Gasteiger partial charge is 0.302 e. The second kappa shape index (κ2) is 9.67. The van der Waals surface area contributed by atoms with E-state index in [0.717, 1.165) is 17.0 Å². The van der Waals surface area contributed by atoms with Crippen molar-refractivity contribution in [1.29, 1.82) is 0 Å². The Bertz CT molecular complexity index is 1010. The molecule has 0 fully saturated rings. The van der Waals surface area contributed by atoms with E-state index in [2.05, 4.69) is 70.7 Å². The van der Waals surface area contributed by atoms with Crippen molar-refractivity contribution in [3.8, 4) is 11.4 Å². The van der Waals surface area contributed by atoms with E-state index in [4.69, 9.17) is 0 Å². The molecule has 0 radical (unpaired) electrons. The SMILES string of the molecule is CCn1c(SCC(=O)N/N=C\c2ccncc2)nnc1-c1ccc(C(C)(C)C)cc1. The molecule has 30 heavy (non-hydrogen) atoms. The van der Waals surface area contributed by atoms with Crippen molar-refractivity contribution in [2.75, 3.05) is 5.75 Å². The van der Waals surface area contributed by atoms with E-state index in [0.29, 0.717) is 11.7 Å². The van der Waals surface area contributed by atoms with E-state index in [1.807, 2.05) is 23.6 Å². The molecule has 3 rings (SSSR count). The average Bonchev–Trinajstić information content (AvgIpc) is 3.15. The molecule has 8 heteroatoms. The number of amides is 1. The maximum Gasteiger partial charge on any atom is 0.250 e. The summed E-state index contributed by atoms with van der Waals surface area (Å²) in [6.07, 6.45) is 4.92. The first-order valence-electron chi connectivity index (χ1n) is 9.77. The molecule has 2 heterocycles. The Morgan fingerprint density at radius 2 is 1.83 bits per heavy atom. The van der Waals surface area contributed by atoms with Crippen molar-refractivity contribution < 1.29 is 4.79 Å². The third-order valence-electron chi connectivity index (χ3n) is 4.48. The Labute approximate surface area is 181 Å². The minimum atomic E-state index is -0.202. The van der Waals surface area contributed by atoms with E-state index in [1.54, 1.807) is 18.6 Å². The molecule has 0 saturated heterocycles. The van der Waals surface area contributed by atoms with Crippen LogP contribution < -0.4 is 5.43 Å². The molecule has 1 aromatic carbocycles. The molecule has 7 nitrogen and oxygen atoms in total. The Hall–Kier alpha value is -3.00. The van der Waals surface area contributed by atoms with Crippen LogP contribution in [0.4, 0.5) is 0 Å². The molecule has 0 spiro atoms. The fraction of sp³-hybridized carbons (Fsp3) is 0.318. The number of hydrazone groups is 1. The van der Waals surface area contributed by atoms with E-state index < -0.39 is 0 Å². The highest BCUT2D eigenvalue weighted by atomic mass is 32.2. The van der Waals surface area contributed by atoms with Gasteiger partial charge in [-0.2, -0.15) is 5.10 Å². The van der Waals surface area contributed by atoms with Crippen LogP contribution in [0.15, 0.2) is 59.0 Å². The van der Waals surface area contributed by atoms with Gasteiger partial charge in [0.05, 0.1) is 12.0 Å². The van der Waals surface area contributed by atoms with Gasteiger partial charge in [-0.05, 0) is 35.6 Å². The lowest BCUT2D eigenvalue weighted by Crippen LogP contribution is -2.20. The zero-order chi connectivity index (χ0) is 21.6. The summed E-state index contributed by atoms with van der Waals surface area (Å²) in [5.41, 5.74) is 5.78. The van der Waals surface area contributed by atoms with Crippen LogP contribution in [0.25, 0.3) is 11.4 Å². The van der Waals surface area contributed by atoms with Gasteiger partial charge in [-0.1, -0.05) is 56.8 Å². The number of hydrogen-bond donors (Lipinski definition) is 1. The topological polar surface area (TPSA) is 85.1 Å². The van der Waals surface area contributed by atoms with Gasteiger partial charge in [0.15, 0.2) is 11.0 Å². The summed E-state index contributed by atoms with van der Waals surface area (Å²) in [6, 6.07) is 12.0. The predicted molar refractivity (Wildman–Crippen MR) is 121 cm³/mol. The minimum absolute atomic E-state index is 0.102. The summed E-state index contributed by atoms with van der Waals surface area (Å²) in [7, 11) is 0. The first-order chi connectivity index (χ1) is 14.4. The molecule has 0 aliphatic carbocycles. The third-order valence-corrected chi connectivity index (χ3v) is 5.45. The van der Waals surface area contributed by atoms with Crippen LogP contribution in [-0.2, 0) is 16.8 Å². The number of aromatic nitrogens is 4. The van der Waals surface area contributed by atoms with Gasteiger partial charge in [0, 0.05) is 24.5 Å². The predicted octanol–water partition coefficient (Wildman–Crippen LogP) is 3.90. The van der Waals surface area contributed by atoms with Gasteiger partial charge in [0.1, 0.15) is 0 Å². The van der Waals surface area contributed by atoms with Crippen molar-refractivity contribution in [3.05, 3.63) is 59.9 Å². The first kappa shape index (κ1) is 21.7. The van der Waals surface area contributed by atoms with Crippen molar-refractivity contribution >= 4 is 23.9 Å². The lowest BCUT2D eigenvalue weighted by Gasteiger charge is -2.19. The monoisotopic (exact) mass is 422 g/mol. The highest BCUT2D eigenvalue weighted by molar-refractivity contribution is 7.99. The maximum atomic E-state index is 12.1. The fourth-order valence-corrected chi connectivity index (χ4v) is 3.60. The van der Waals surface area contributed by atoms with Gasteiger partial charge >= 0.3 is 0 Å². The Balaban J connectivity index is 1.63. The summed E-state index contributed by atoms with van der Waals surface area (Å²) in [4.78, 5) is 16.0. The molecule has 0 bridgehead atoms. The van der Waals surface area contributed by atoms with E-state index >= 15 is 0 Å². The number of nitrogens with zero attached hydrogens (tertiary/aromatic N) is 5. The van der Waals surface area contributed by atoms with Crippen LogP contribution >= 0.6 is 11.8 Å². The summed E-state index contributed by atoms with van der Waals surface area (Å²) < 4.78 is 2.02.